The Morgan fingerprint density at radius 2 is 1.44 bits per heavy atom. The van der Waals surface area contributed by atoms with Crippen molar-refractivity contribution in [3.63, 3.8) is 0 Å². The minimum Gasteiger partial charge on any atom is -0.319 e. The SMILES string of the molecule is N#Cc1ccc(-c2nc3cc(-c4c(F)c(F)c(C#N)c(F)c4F)ccc3c3c2C=C(c2ccccc2)C(=NS)C3N)cc1. The molecule has 1 heterocycles. The number of benzene rings is 4. The zero-order chi connectivity index (χ0) is 30.4. The molecule has 6 rings (SSSR count). The average Bonchev–Trinajstić information content (AvgIpc) is 3.04. The second-order valence-electron chi connectivity index (χ2n) is 9.71. The van der Waals surface area contributed by atoms with Crippen LogP contribution in [-0.4, -0.2) is 10.7 Å². The predicted octanol–water partition coefficient (Wildman–Crippen LogP) is 7.71. The van der Waals surface area contributed by atoms with Gasteiger partial charge in [-0.2, -0.15) is 10.5 Å². The minimum atomic E-state index is -1.79. The van der Waals surface area contributed by atoms with E-state index in [4.69, 9.17) is 16.0 Å². The molecule has 0 radical (unpaired) electrons. The van der Waals surface area contributed by atoms with Gasteiger partial charge >= 0.3 is 0 Å². The quantitative estimate of drug-likeness (QED) is 0.128. The number of nitriles is 2. The molecule has 5 nitrogen and oxygen atoms in total. The summed E-state index contributed by atoms with van der Waals surface area (Å²) >= 11 is 4.20. The van der Waals surface area contributed by atoms with E-state index in [0.29, 0.717) is 39.0 Å². The Morgan fingerprint density at radius 1 is 0.791 bits per heavy atom. The van der Waals surface area contributed by atoms with Crippen LogP contribution in [0.4, 0.5) is 17.6 Å². The van der Waals surface area contributed by atoms with Crippen LogP contribution in [0.5, 0.6) is 0 Å². The van der Waals surface area contributed by atoms with Crippen LogP contribution in [-0.2, 0) is 0 Å². The summed E-state index contributed by atoms with van der Waals surface area (Å²) in [6.07, 6.45) is 1.89. The topological polar surface area (TPSA) is 98.8 Å². The first-order chi connectivity index (χ1) is 20.8. The van der Waals surface area contributed by atoms with E-state index >= 15 is 0 Å². The first-order valence-electron chi connectivity index (χ1n) is 12.8. The fraction of sp³-hybridized carbons (Fsp3) is 0.0303. The summed E-state index contributed by atoms with van der Waals surface area (Å²) in [5.41, 5.74) is 9.31. The highest BCUT2D eigenvalue weighted by Gasteiger charge is 2.31. The maximum Gasteiger partial charge on any atom is 0.180 e. The highest BCUT2D eigenvalue weighted by molar-refractivity contribution is 7.79. The molecule has 2 N–H and O–H groups in total. The summed E-state index contributed by atoms with van der Waals surface area (Å²) in [6.45, 7) is 0. The fourth-order valence-electron chi connectivity index (χ4n) is 5.34. The zero-order valence-corrected chi connectivity index (χ0v) is 22.8. The summed E-state index contributed by atoms with van der Waals surface area (Å²) in [5.74, 6) is -6.97. The number of nitrogens with zero attached hydrogens (tertiary/aromatic N) is 4. The number of fused-ring (bicyclic) bond motifs is 3. The molecule has 0 saturated heterocycles. The summed E-state index contributed by atoms with van der Waals surface area (Å²) in [7, 11) is 0. The summed E-state index contributed by atoms with van der Waals surface area (Å²) in [5, 5.41) is 18.8. The van der Waals surface area contributed by atoms with E-state index in [0.717, 1.165) is 17.2 Å². The normalized spacial score (nSPS) is 15.1. The number of hydrogen-bond donors (Lipinski definition) is 2. The van der Waals surface area contributed by atoms with E-state index in [1.54, 1.807) is 24.3 Å². The van der Waals surface area contributed by atoms with Crippen LogP contribution in [0.2, 0.25) is 0 Å². The lowest BCUT2D eigenvalue weighted by molar-refractivity contribution is 0.454. The summed E-state index contributed by atoms with van der Waals surface area (Å²) in [6, 6.07) is 22.7. The maximum atomic E-state index is 15.0. The Labute approximate surface area is 248 Å². The van der Waals surface area contributed by atoms with E-state index in [1.807, 2.05) is 36.4 Å². The molecule has 43 heavy (non-hydrogen) atoms. The zero-order valence-electron chi connectivity index (χ0n) is 21.9. The number of halogens is 4. The molecule has 0 bridgehead atoms. The molecule has 0 amide bonds. The lowest BCUT2D eigenvalue weighted by Crippen LogP contribution is -2.27. The van der Waals surface area contributed by atoms with Crippen LogP contribution in [0.25, 0.3) is 44.9 Å². The number of rotatable bonds is 3. The Hall–Kier alpha value is -5.29. The van der Waals surface area contributed by atoms with Crippen molar-refractivity contribution in [1.29, 1.82) is 10.5 Å². The molecule has 1 unspecified atom stereocenters. The van der Waals surface area contributed by atoms with Crippen LogP contribution < -0.4 is 5.73 Å². The van der Waals surface area contributed by atoms with Crippen LogP contribution in [0.3, 0.4) is 0 Å². The largest absolute Gasteiger partial charge is 0.319 e. The molecular weight excluding hydrogens is 574 g/mol. The van der Waals surface area contributed by atoms with Crippen molar-refractivity contribution in [3.8, 4) is 34.5 Å². The number of pyridine rings is 1. The molecule has 1 aliphatic rings. The van der Waals surface area contributed by atoms with Gasteiger partial charge in [-0.05, 0) is 53.8 Å². The monoisotopic (exact) mass is 591 g/mol. The van der Waals surface area contributed by atoms with E-state index < -0.39 is 40.4 Å². The van der Waals surface area contributed by atoms with Crippen LogP contribution in [0.1, 0.15) is 33.9 Å². The van der Waals surface area contributed by atoms with Gasteiger partial charge in [0.25, 0.3) is 0 Å². The fourth-order valence-corrected chi connectivity index (χ4v) is 5.57. The molecule has 1 atom stereocenters. The average molecular weight is 592 g/mol. The first kappa shape index (κ1) is 27.9. The second-order valence-corrected chi connectivity index (χ2v) is 9.91. The third-order valence-electron chi connectivity index (χ3n) is 7.38. The van der Waals surface area contributed by atoms with Crippen molar-refractivity contribution in [2.24, 2.45) is 10.1 Å². The molecule has 5 aromatic rings. The molecule has 4 aromatic carbocycles. The highest BCUT2D eigenvalue weighted by Crippen LogP contribution is 2.43. The summed E-state index contributed by atoms with van der Waals surface area (Å²) in [4.78, 5) is 4.82. The molecule has 1 aliphatic carbocycles. The molecular formula is C33H17F4N5S. The molecule has 0 saturated carbocycles. The van der Waals surface area contributed by atoms with Crippen molar-refractivity contribution >= 4 is 41.1 Å². The number of aromatic nitrogens is 1. The Bertz CT molecular complexity index is 2080. The van der Waals surface area contributed by atoms with Gasteiger partial charge in [-0.3, -0.25) is 0 Å². The second kappa shape index (κ2) is 10.8. The Morgan fingerprint density at radius 3 is 2.05 bits per heavy atom. The molecule has 0 aliphatic heterocycles. The van der Waals surface area contributed by atoms with E-state index in [1.165, 1.54) is 18.2 Å². The van der Waals surface area contributed by atoms with E-state index in [-0.39, 0.29) is 11.1 Å². The van der Waals surface area contributed by atoms with Crippen LogP contribution >= 0.6 is 12.8 Å². The van der Waals surface area contributed by atoms with Crippen LogP contribution in [0.15, 0.2) is 77.2 Å². The van der Waals surface area contributed by atoms with Crippen molar-refractivity contribution < 1.29 is 17.6 Å². The lowest BCUT2D eigenvalue weighted by atomic mass is 9.80. The summed E-state index contributed by atoms with van der Waals surface area (Å²) < 4.78 is 63.2. The third kappa shape index (κ3) is 4.45. The van der Waals surface area contributed by atoms with Gasteiger partial charge in [0.15, 0.2) is 23.3 Å². The van der Waals surface area contributed by atoms with Gasteiger partial charge in [-0.15, -0.1) is 0 Å². The van der Waals surface area contributed by atoms with Crippen LogP contribution in [0, 0.1) is 45.9 Å². The van der Waals surface area contributed by atoms with Gasteiger partial charge in [-0.25, -0.2) is 26.9 Å². The Kier molecular flexibility index (Phi) is 7.02. The Balaban J connectivity index is 1.68. The number of hydrogen-bond acceptors (Lipinski definition) is 6. The lowest BCUT2D eigenvalue weighted by Gasteiger charge is -2.28. The van der Waals surface area contributed by atoms with Crippen molar-refractivity contribution in [1.82, 2.24) is 4.98 Å². The van der Waals surface area contributed by atoms with Gasteiger partial charge < -0.3 is 5.73 Å². The highest BCUT2D eigenvalue weighted by atomic mass is 32.1. The number of thiol groups is 1. The van der Waals surface area contributed by atoms with Gasteiger partial charge in [0.05, 0.1) is 40.2 Å². The maximum absolute atomic E-state index is 15.0. The predicted molar refractivity (Wildman–Crippen MR) is 160 cm³/mol. The van der Waals surface area contributed by atoms with Gasteiger partial charge in [0, 0.05) is 22.1 Å². The van der Waals surface area contributed by atoms with E-state index in [9.17, 15) is 22.8 Å². The molecule has 10 heteroatoms. The number of nitrogens with two attached hydrogens (primary N) is 1. The van der Waals surface area contributed by atoms with Crippen molar-refractivity contribution in [2.45, 2.75) is 6.04 Å². The minimum absolute atomic E-state index is 0.198. The molecule has 208 valence electrons. The van der Waals surface area contributed by atoms with Crippen molar-refractivity contribution in [2.75, 3.05) is 0 Å². The smallest absolute Gasteiger partial charge is 0.180 e. The van der Waals surface area contributed by atoms with Crippen molar-refractivity contribution in [3.05, 3.63) is 124 Å². The van der Waals surface area contributed by atoms with Gasteiger partial charge in [-0.1, -0.05) is 54.6 Å². The van der Waals surface area contributed by atoms with Gasteiger partial charge in [0.2, 0.25) is 0 Å². The van der Waals surface area contributed by atoms with E-state index in [2.05, 4.69) is 23.3 Å². The molecule has 0 spiro atoms. The third-order valence-corrected chi connectivity index (χ3v) is 7.59. The molecule has 1 aromatic heterocycles. The van der Waals surface area contributed by atoms with Gasteiger partial charge in [0.1, 0.15) is 11.6 Å². The standard InChI is InChI=1S/C33H17F4N5S/c34-27-23(15-39)28(35)30(37)25(29(27)36)19-10-11-20-24(12-19)41-32(18-8-6-16(14-38)7-9-18)22-13-21(17-4-2-1-3-5-17)33(42-43)31(40)26(20)22/h1-13,31,43H,40H2. The molecule has 0 fully saturated rings. The first-order valence-corrected chi connectivity index (χ1v) is 13.2.